The van der Waals surface area contributed by atoms with Gasteiger partial charge in [-0.25, -0.2) is 0 Å². The predicted molar refractivity (Wildman–Crippen MR) is 119 cm³/mol. The van der Waals surface area contributed by atoms with Crippen molar-refractivity contribution in [2.75, 3.05) is 0 Å². The molecule has 0 N–H and O–H groups in total. The van der Waals surface area contributed by atoms with Crippen LogP contribution in [0.15, 0.2) is 60.7 Å². The van der Waals surface area contributed by atoms with Crippen LogP contribution in [0.4, 0.5) is 0 Å². The molecule has 0 fully saturated rings. The van der Waals surface area contributed by atoms with Gasteiger partial charge in [-0.05, 0) is 0 Å². The van der Waals surface area contributed by atoms with Crippen molar-refractivity contribution in [3.8, 4) is 0 Å². The SMILES string of the molecule is CCC[C]1([Zr][C]2(CCC)C=Cc3ccccc32)C=Cc2ccccc21.Cl.Cl. The number of hydrogen-bond donors (Lipinski definition) is 0. The molecule has 0 nitrogen and oxygen atoms in total. The summed E-state index contributed by atoms with van der Waals surface area (Å²) in [7, 11) is 0. The molecule has 0 aromatic heterocycles. The third kappa shape index (κ3) is 3.94. The Morgan fingerprint density at radius 3 is 1.48 bits per heavy atom. The van der Waals surface area contributed by atoms with Crippen molar-refractivity contribution in [1.82, 2.24) is 0 Å². The molecule has 0 saturated carbocycles. The van der Waals surface area contributed by atoms with Crippen LogP contribution in [0.1, 0.15) is 61.8 Å². The Balaban J connectivity index is 0.00000131. The fourth-order valence-corrected chi connectivity index (χ4v) is 11.1. The Labute approximate surface area is 187 Å². The van der Waals surface area contributed by atoms with Crippen LogP contribution in [0.3, 0.4) is 0 Å². The van der Waals surface area contributed by atoms with E-state index in [1.165, 1.54) is 36.8 Å². The maximum absolute atomic E-state index is 2.58. The monoisotopic (exact) mass is 476 g/mol. The van der Waals surface area contributed by atoms with Gasteiger partial charge in [0, 0.05) is 0 Å². The average Bonchev–Trinajstić information content (AvgIpc) is 3.17. The third-order valence-electron chi connectivity index (χ3n) is 5.71. The molecule has 2 aromatic carbocycles. The molecule has 2 aliphatic rings. The van der Waals surface area contributed by atoms with E-state index < -0.39 is 23.2 Å². The second-order valence-electron chi connectivity index (χ2n) is 7.41. The van der Waals surface area contributed by atoms with E-state index in [0.29, 0.717) is 6.25 Å². The summed E-state index contributed by atoms with van der Waals surface area (Å²) >= 11 is -0.831. The standard InChI is InChI=1S/2C12H13.2ClH.Zr/c2*1-2-5-10-8-9-11-6-3-4-7-12(10)11;;;/h2*3-4,6-9H,2,5H2,1H3;2*1H;. The average molecular weight is 479 g/mol. The van der Waals surface area contributed by atoms with Crippen LogP contribution in [0.2, 0.25) is 0 Å². The maximum Gasteiger partial charge on any atom is -0.147 e. The first-order valence-corrected chi connectivity index (χ1v) is 12.1. The summed E-state index contributed by atoms with van der Waals surface area (Å²) in [4.78, 5) is 0. The number of allylic oxidation sites excluding steroid dienone is 2. The maximum atomic E-state index is 2.58. The van der Waals surface area contributed by atoms with E-state index in [0.717, 1.165) is 0 Å². The van der Waals surface area contributed by atoms with E-state index in [1.807, 2.05) is 0 Å². The molecule has 0 radical (unpaired) electrons. The first-order valence-electron chi connectivity index (χ1n) is 9.60. The predicted octanol–water partition coefficient (Wildman–Crippen LogP) is 7.36. The van der Waals surface area contributed by atoms with Crippen molar-refractivity contribution in [3.63, 3.8) is 0 Å². The topological polar surface area (TPSA) is 0 Å². The van der Waals surface area contributed by atoms with Gasteiger partial charge in [0.15, 0.2) is 0 Å². The molecule has 0 saturated heterocycles. The van der Waals surface area contributed by atoms with Crippen molar-refractivity contribution in [2.45, 2.75) is 45.8 Å². The van der Waals surface area contributed by atoms with E-state index >= 15 is 0 Å². The van der Waals surface area contributed by atoms with Gasteiger partial charge in [0.1, 0.15) is 0 Å². The summed E-state index contributed by atoms with van der Waals surface area (Å²) < 4.78 is 0.678. The largest absolute Gasteiger partial charge is 0.147 e. The van der Waals surface area contributed by atoms with Crippen LogP contribution in [-0.2, 0) is 29.5 Å². The Bertz CT molecular complexity index is 772. The second kappa shape index (κ2) is 9.25. The van der Waals surface area contributed by atoms with Crippen LogP contribution in [0.25, 0.3) is 12.2 Å². The quantitative estimate of drug-likeness (QED) is 0.407. The van der Waals surface area contributed by atoms with Gasteiger partial charge in [0.2, 0.25) is 0 Å². The fraction of sp³-hybridized carbons (Fsp3) is 0.333. The smallest absolute Gasteiger partial charge is 0.147 e. The summed E-state index contributed by atoms with van der Waals surface area (Å²) in [6.07, 6.45) is 15.1. The molecule has 0 spiro atoms. The minimum atomic E-state index is -0.831. The molecule has 0 heterocycles. The second-order valence-corrected chi connectivity index (χ2v) is 12.4. The van der Waals surface area contributed by atoms with Gasteiger partial charge in [-0.2, -0.15) is 0 Å². The minimum Gasteiger partial charge on any atom is -0.147 e. The van der Waals surface area contributed by atoms with Gasteiger partial charge >= 0.3 is 164 Å². The van der Waals surface area contributed by atoms with Crippen molar-refractivity contribution in [3.05, 3.63) is 82.9 Å². The Morgan fingerprint density at radius 1 is 0.667 bits per heavy atom. The molecular formula is C24H28Cl2Zr. The number of benzene rings is 2. The van der Waals surface area contributed by atoms with Crippen LogP contribution >= 0.6 is 24.8 Å². The van der Waals surface area contributed by atoms with Crippen molar-refractivity contribution in [2.24, 2.45) is 0 Å². The van der Waals surface area contributed by atoms with Gasteiger partial charge in [-0.3, -0.25) is 0 Å². The number of fused-ring (bicyclic) bond motifs is 2. The van der Waals surface area contributed by atoms with E-state index in [9.17, 15) is 0 Å². The molecule has 2 unspecified atom stereocenters. The van der Waals surface area contributed by atoms with Crippen LogP contribution in [0, 0.1) is 0 Å². The zero-order valence-electron chi connectivity index (χ0n) is 16.1. The minimum absolute atomic E-state index is 0. The molecule has 2 aromatic rings. The molecular weight excluding hydrogens is 450 g/mol. The zero-order chi connectivity index (χ0) is 17.3. The molecule has 27 heavy (non-hydrogen) atoms. The number of rotatable bonds is 6. The summed E-state index contributed by atoms with van der Waals surface area (Å²) in [5.41, 5.74) is 6.13. The van der Waals surface area contributed by atoms with Gasteiger partial charge < -0.3 is 0 Å². The molecule has 142 valence electrons. The molecule has 0 amide bonds. The van der Waals surface area contributed by atoms with E-state index in [-0.39, 0.29) is 24.8 Å². The first kappa shape index (κ1) is 22.7. The molecule has 0 bridgehead atoms. The van der Waals surface area contributed by atoms with Gasteiger partial charge in [-0.15, -0.1) is 24.8 Å². The zero-order valence-corrected chi connectivity index (χ0v) is 20.2. The van der Waals surface area contributed by atoms with Crippen molar-refractivity contribution >= 4 is 37.0 Å². The Kier molecular flexibility index (Phi) is 7.77. The molecule has 3 heteroatoms. The molecule has 4 rings (SSSR count). The van der Waals surface area contributed by atoms with Gasteiger partial charge in [0.25, 0.3) is 0 Å². The molecule has 2 aliphatic carbocycles. The number of halogens is 2. The van der Waals surface area contributed by atoms with Crippen LogP contribution < -0.4 is 0 Å². The third-order valence-corrected chi connectivity index (χ3v) is 11.3. The van der Waals surface area contributed by atoms with Crippen molar-refractivity contribution < 1.29 is 23.2 Å². The summed E-state index contributed by atoms with van der Waals surface area (Å²) in [5.74, 6) is 0. The molecule has 2 atom stereocenters. The van der Waals surface area contributed by atoms with E-state index in [1.54, 1.807) is 11.1 Å². The Morgan fingerprint density at radius 2 is 1.07 bits per heavy atom. The van der Waals surface area contributed by atoms with Crippen molar-refractivity contribution in [1.29, 1.82) is 0 Å². The Hall–Kier alpha value is -0.617. The molecule has 0 aliphatic heterocycles. The number of hydrogen-bond acceptors (Lipinski definition) is 0. The van der Waals surface area contributed by atoms with Gasteiger partial charge in [-0.1, -0.05) is 0 Å². The van der Waals surface area contributed by atoms with Crippen LogP contribution in [-0.4, -0.2) is 0 Å². The summed E-state index contributed by atoms with van der Waals surface area (Å²) in [5, 5.41) is 0. The van der Waals surface area contributed by atoms with Crippen LogP contribution in [0.5, 0.6) is 0 Å². The van der Waals surface area contributed by atoms with E-state index in [2.05, 4.69) is 86.7 Å². The fourth-order valence-electron chi connectivity index (χ4n) is 4.71. The van der Waals surface area contributed by atoms with Gasteiger partial charge in [0.05, 0.1) is 0 Å². The summed E-state index contributed by atoms with van der Waals surface area (Å²) in [6, 6.07) is 18.2. The normalized spacial score (nSPS) is 23.9. The summed E-state index contributed by atoms with van der Waals surface area (Å²) in [6.45, 7) is 4.70. The van der Waals surface area contributed by atoms with E-state index in [4.69, 9.17) is 0 Å². The first-order chi connectivity index (χ1) is 12.2.